The maximum Gasteiger partial charge on any atom is 0.407 e. The van der Waals surface area contributed by atoms with Crippen LogP contribution in [-0.4, -0.2) is 42.3 Å². The number of hydrogen-bond acceptors (Lipinski definition) is 4. The molecular weight excluding hydrogens is 372 g/mol. The first-order valence-electron chi connectivity index (χ1n) is 9.05. The first-order valence-corrected chi connectivity index (χ1v) is 9.05. The lowest BCUT2D eigenvalue weighted by Crippen LogP contribution is -2.48. The van der Waals surface area contributed by atoms with Gasteiger partial charge in [0.25, 0.3) is 0 Å². The van der Waals surface area contributed by atoms with Crippen molar-refractivity contribution in [2.24, 2.45) is 0 Å². The molecule has 1 unspecified atom stereocenters. The van der Waals surface area contributed by atoms with Crippen LogP contribution in [0.5, 0.6) is 0 Å². The number of ether oxygens (including phenoxy) is 1. The highest BCUT2D eigenvalue weighted by Crippen LogP contribution is 2.44. The SMILES string of the molecule is C#CCC(NC(=O)OCC1c2ccccc2-c2ccccc21)C(=O)NCC(=O)O. The van der Waals surface area contributed by atoms with Crippen LogP contribution in [-0.2, 0) is 14.3 Å². The van der Waals surface area contributed by atoms with Gasteiger partial charge in [-0.05, 0) is 22.3 Å². The van der Waals surface area contributed by atoms with Crippen LogP contribution in [0.15, 0.2) is 48.5 Å². The third-order valence-corrected chi connectivity index (χ3v) is 4.69. The fourth-order valence-electron chi connectivity index (χ4n) is 3.40. The van der Waals surface area contributed by atoms with Gasteiger partial charge in [0.05, 0.1) is 0 Å². The third kappa shape index (κ3) is 4.55. The second kappa shape index (κ2) is 8.93. The number of fused-ring (bicyclic) bond motifs is 3. The first-order chi connectivity index (χ1) is 14.0. The summed E-state index contributed by atoms with van der Waals surface area (Å²) in [5.41, 5.74) is 4.35. The number of terminal acetylenes is 1. The largest absolute Gasteiger partial charge is 0.480 e. The van der Waals surface area contributed by atoms with Crippen LogP contribution in [0.25, 0.3) is 11.1 Å². The number of carboxylic acids is 1. The van der Waals surface area contributed by atoms with E-state index in [1.54, 1.807) is 0 Å². The average molecular weight is 392 g/mol. The summed E-state index contributed by atoms with van der Waals surface area (Å²) in [6.45, 7) is -0.467. The Morgan fingerprint density at radius 2 is 1.66 bits per heavy atom. The van der Waals surface area contributed by atoms with Gasteiger partial charge in [-0.15, -0.1) is 12.3 Å². The summed E-state index contributed by atoms with van der Waals surface area (Å²) in [5.74, 6) is 0.298. The Hall–Kier alpha value is -3.79. The molecule has 1 atom stereocenters. The maximum absolute atomic E-state index is 12.3. The van der Waals surface area contributed by atoms with Gasteiger partial charge < -0.3 is 20.5 Å². The molecule has 0 fully saturated rings. The second-order valence-corrected chi connectivity index (χ2v) is 6.54. The highest BCUT2D eigenvalue weighted by molar-refractivity contribution is 5.88. The van der Waals surface area contributed by atoms with E-state index in [0.717, 1.165) is 22.3 Å². The number of carbonyl (C=O) groups is 3. The van der Waals surface area contributed by atoms with E-state index in [1.165, 1.54) is 0 Å². The van der Waals surface area contributed by atoms with Crippen LogP contribution in [0.1, 0.15) is 23.5 Å². The van der Waals surface area contributed by atoms with Crippen LogP contribution in [0, 0.1) is 12.3 Å². The van der Waals surface area contributed by atoms with Crippen molar-refractivity contribution in [1.82, 2.24) is 10.6 Å². The zero-order valence-corrected chi connectivity index (χ0v) is 15.6. The minimum Gasteiger partial charge on any atom is -0.480 e. The molecule has 0 aliphatic heterocycles. The van der Waals surface area contributed by atoms with Crippen LogP contribution < -0.4 is 10.6 Å². The molecule has 3 N–H and O–H groups in total. The molecule has 148 valence electrons. The predicted octanol–water partition coefficient (Wildman–Crippen LogP) is 2.12. The highest BCUT2D eigenvalue weighted by atomic mass is 16.5. The van der Waals surface area contributed by atoms with Gasteiger partial charge in [0.2, 0.25) is 5.91 Å². The van der Waals surface area contributed by atoms with Gasteiger partial charge in [0.15, 0.2) is 0 Å². The Bertz CT molecular complexity index is 934. The minimum atomic E-state index is -1.20. The van der Waals surface area contributed by atoms with Crippen LogP contribution in [0.3, 0.4) is 0 Å². The van der Waals surface area contributed by atoms with Gasteiger partial charge in [-0.25, -0.2) is 4.79 Å². The lowest BCUT2D eigenvalue weighted by Gasteiger charge is -2.18. The molecule has 2 amide bonds. The molecule has 2 aromatic carbocycles. The molecule has 0 saturated carbocycles. The highest BCUT2D eigenvalue weighted by Gasteiger charge is 2.29. The molecule has 7 nitrogen and oxygen atoms in total. The molecule has 1 aliphatic carbocycles. The summed E-state index contributed by atoms with van der Waals surface area (Å²) in [6.07, 6.45) is 4.36. The Kier molecular flexibility index (Phi) is 6.15. The number of benzene rings is 2. The van der Waals surface area contributed by atoms with E-state index in [4.69, 9.17) is 16.3 Å². The van der Waals surface area contributed by atoms with Gasteiger partial charge in [0, 0.05) is 12.3 Å². The monoisotopic (exact) mass is 392 g/mol. The van der Waals surface area contributed by atoms with E-state index >= 15 is 0 Å². The number of alkyl carbamates (subject to hydrolysis) is 1. The van der Waals surface area contributed by atoms with Gasteiger partial charge in [-0.3, -0.25) is 9.59 Å². The number of rotatable bonds is 7. The minimum absolute atomic E-state index is 0.0877. The first kappa shape index (κ1) is 20.0. The molecule has 0 saturated heterocycles. The zero-order valence-electron chi connectivity index (χ0n) is 15.6. The molecule has 3 rings (SSSR count). The Morgan fingerprint density at radius 3 is 2.21 bits per heavy atom. The molecule has 1 aliphatic rings. The Morgan fingerprint density at radius 1 is 1.07 bits per heavy atom. The molecule has 2 aromatic rings. The number of aliphatic carboxylic acids is 1. The van der Waals surface area contributed by atoms with Gasteiger partial charge in [0.1, 0.15) is 19.2 Å². The summed E-state index contributed by atoms with van der Waals surface area (Å²) < 4.78 is 5.38. The van der Waals surface area contributed by atoms with E-state index in [2.05, 4.69) is 16.6 Å². The molecular formula is C22H20N2O5. The van der Waals surface area contributed by atoms with E-state index in [-0.39, 0.29) is 18.9 Å². The number of carboxylic acid groups (broad SMARTS) is 1. The number of carbonyl (C=O) groups excluding carboxylic acids is 2. The summed E-state index contributed by atoms with van der Waals surface area (Å²) >= 11 is 0. The molecule has 0 bridgehead atoms. The van der Waals surface area contributed by atoms with Crippen LogP contribution in [0.2, 0.25) is 0 Å². The maximum atomic E-state index is 12.3. The predicted molar refractivity (Wildman–Crippen MR) is 106 cm³/mol. The number of hydrogen-bond donors (Lipinski definition) is 3. The fourth-order valence-corrected chi connectivity index (χ4v) is 3.40. The molecule has 7 heteroatoms. The van der Waals surface area contributed by atoms with Crippen LogP contribution in [0.4, 0.5) is 4.79 Å². The Balaban J connectivity index is 1.65. The van der Waals surface area contributed by atoms with Crippen molar-refractivity contribution < 1.29 is 24.2 Å². The summed E-state index contributed by atoms with van der Waals surface area (Å²) in [5, 5.41) is 13.3. The van der Waals surface area contributed by atoms with Crippen molar-refractivity contribution in [3.8, 4) is 23.5 Å². The smallest absolute Gasteiger partial charge is 0.407 e. The molecule has 0 radical (unpaired) electrons. The zero-order chi connectivity index (χ0) is 20.8. The number of amides is 2. The van der Waals surface area contributed by atoms with Gasteiger partial charge in [-0.1, -0.05) is 48.5 Å². The number of nitrogens with one attached hydrogen (secondary N) is 2. The van der Waals surface area contributed by atoms with E-state index in [0.29, 0.717) is 0 Å². The van der Waals surface area contributed by atoms with E-state index < -0.39 is 30.6 Å². The van der Waals surface area contributed by atoms with Crippen molar-refractivity contribution in [3.05, 3.63) is 59.7 Å². The lowest BCUT2D eigenvalue weighted by molar-refractivity contribution is -0.138. The molecule has 0 aromatic heterocycles. The van der Waals surface area contributed by atoms with Gasteiger partial charge >= 0.3 is 12.1 Å². The van der Waals surface area contributed by atoms with Crippen molar-refractivity contribution in [1.29, 1.82) is 0 Å². The van der Waals surface area contributed by atoms with Crippen molar-refractivity contribution >= 4 is 18.0 Å². The second-order valence-electron chi connectivity index (χ2n) is 6.54. The normalized spacial score (nSPS) is 12.8. The standard InChI is InChI=1S/C22H20N2O5/c1-2-7-19(21(27)23-12-20(25)26)24-22(28)29-13-18-16-10-5-3-8-14(16)15-9-4-6-11-17(15)18/h1,3-6,8-11,18-19H,7,12-13H2,(H,23,27)(H,24,28)(H,25,26). The molecule has 29 heavy (non-hydrogen) atoms. The average Bonchev–Trinajstić information content (AvgIpc) is 3.04. The third-order valence-electron chi connectivity index (χ3n) is 4.69. The van der Waals surface area contributed by atoms with E-state index in [1.807, 2.05) is 48.5 Å². The quantitative estimate of drug-likeness (QED) is 0.626. The van der Waals surface area contributed by atoms with Gasteiger partial charge in [-0.2, -0.15) is 0 Å². The van der Waals surface area contributed by atoms with E-state index in [9.17, 15) is 14.4 Å². The van der Waals surface area contributed by atoms with Crippen LogP contribution >= 0.6 is 0 Å². The summed E-state index contributed by atoms with van der Waals surface area (Å²) in [4.78, 5) is 34.9. The van der Waals surface area contributed by atoms with Crippen molar-refractivity contribution in [3.63, 3.8) is 0 Å². The lowest BCUT2D eigenvalue weighted by atomic mass is 9.98. The van der Waals surface area contributed by atoms with Crippen molar-refractivity contribution in [2.75, 3.05) is 13.2 Å². The summed E-state index contributed by atoms with van der Waals surface area (Å²) in [7, 11) is 0. The molecule has 0 spiro atoms. The topological polar surface area (TPSA) is 105 Å². The summed E-state index contributed by atoms with van der Waals surface area (Å²) in [6, 6.07) is 14.8. The van der Waals surface area contributed by atoms with Crippen molar-refractivity contribution in [2.45, 2.75) is 18.4 Å². The molecule has 0 heterocycles. The fraction of sp³-hybridized carbons (Fsp3) is 0.227. The Labute approximate surface area is 168 Å².